The smallest absolute Gasteiger partial charge is 0.357 e. The number of esters is 1. The lowest BCUT2D eigenvalue weighted by Gasteiger charge is -2.02. The molecule has 0 aliphatic heterocycles. The Balaban J connectivity index is 2.66. The summed E-state index contributed by atoms with van der Waals surface area (Å²) in [6.07, 6.45) is 1.47. The number of hydrogen-bond acceptors (Lipinski definition) is 3. The number of benzene rings is 1. The highest BCUT2D eigenvalue weighted by molar-refractivity contribution is 6.41. The van der Waals surface area contributed by atoms with Crippen LogP contribution in [0.5, 0.6) is 0 Å². The molecule has 0 bridgehead atoms. The summed E-state index contributed by atoms with van der Waals surface area (Å²) in [6.45, 7) is 3.55. The van der Waals surface area contributed by atoms with Crippen LogP contribution in [-0.2, 0) is 9.53 Å². The fourth-order valence-corrected chi connectivity index (χ4v) is 0.929. The van der Waals surface area contributed by atoms with E-state index in [4.69, 9.17) is 10.1 Å². The highest BCUT2D eigenvalue weighted by Gasteiger charge is 2.11. The van der Waals surface area contributed by atoms with Crippen molar-refractivity contribution in [3.8, 4) is 0 Å². The Morgan fingerprint density at radius 1 is 1.43 bits per heavy atom. The zero-order valence-electron chi connectivity index (χ0n) is 7.69. The SMILES string of the molecule is C=CCOC(=O)C(=N)c1ccccc1. The highest BCUT2D eigenvalue weighted by Crippen LogP contribution is 2.01. The van der Waals surface area contributed by atoms with Gasteiger partial charge in [0.05, 0.1) is 0 Å². The molecule has 1 rings (SSSR count). The number of nitrogens with one attached hydrogen (secondary N) is 1. The summed E-state index contributed by atoms with van der Waals surface area (Å²) in [7, 11) is 0. The van der Waals surface area contributed by atoms with Crippen molar-refractivity contribution in [2.45, 2.75) is 0 Å². The molecule has 0 unspecified atom stereocenters. The molecule has 0 radical (unpaired) electrons. The summed E-state index contributed by atoms with van der Waals surface area (Å²) in [5, 5.41) is 7.51. The first-order valence-corrected chi connectivity index (χ1v) is 4.17. The van der Waals surface area contributed by atoms with Crippen molar-refractivity contribution in [1.82, 2.24) is 0 Å². The average Bonchev–Trinajstić information content (AvgIpc) is 2.26. The Hall–Kier alpha value is -1.90. The van der Waals surface area contributed by atoms with Crippen molar-refractivity contribution in [2.75, 3.05) is 6.61 Å². The Kier molecular flexibility index (Phi) is 3.61. The molecule has 0 saturated carbocycles. The third-order valence-corrected chi connectivity index (χ3v) is 1.60. The van der Waals surface area contributed by atoms with Gasteiger partial charge in [0, 0.05) is 5.56 Å². The zero-order valence-corrected chi connectivity index (χ0v) is 7.69. The zero-order chi connectivity index (χ0) is 10.4. The van der Waals surface area contributed by atoms with Crippen LogP contribution in [0.25, 0.3) is 0 Å². The molecule has 0 aliphatic rings. The van der Waals surface area contributed by atoms with Crippen LogP contribution in [0.3, 0.4) is 0 Å². The van der Waals surface area contributed by atoms with Gasteiger partial charge in [0.2, 0.25) is 0 Å². The van der Waals surface area contributed by atoms with Crippen LogP contribution in [-0.4, -0.2) is 18.3 Å². The molecule has 0 aromatic heterocycles. The van der Waals surface area contributed by atoms with Gasteiger partial charge in [-0.25, -0.2) is 4.79 Å². The third kappa shape index (κ3) is 2.55. The van der Waals surface area contributed by atoms with Gasteiger partial charge < -0.3 is 4.74 Å². The van der Waals surface area contributed by atoms with Gasteiger partial charge in [0.1, 0.15) is 12.3 Å². The maximum atomic E-state index is 11.2. The number of rotatable bonds is 4. The Morgan fingerprint density at radius 3 is 2.64 bits per heavy atom. The predicted molar refractivity (Wildman–Crippen MR) is 54.4 cm³/mol. The molecule has 1 aromatic carbocycles. The summed E-state index contributed by atoms with van der Waals surface area (Å²) >= 11 is 0. The van der Waals surface area contributed by atoms with E-state index in [1.807, 2.05) is 6.07 Å². The topological polar surface area (TPSA) is 50.2 Å². The van der Waals surface area contributed by atoms with Crippen molar-refractivity contribution in [3.63, 3.8) is 0 Å². The lowest BCUT2D eigenvalue weighted by atomic mass is 10.1. The number of carbonyl (C=O) groups excluding carboxylic acids is 1. The molecule has 14 heavy (non-hydrogen) atoms. The van der Waals surface area contributed by atoms with E-state index in [1.165, 1.54) is 6.08 Å². The van der Waals surface area contributed by atoms with Crippen LogP contribution in [0.15, 0.2) is 43.0 Å². The molecule has 0 atom stereocenters. The molecular formula is C11H11NO2. The monoisotopic (exact) mass is 189 g/mol. The van der Waals surface area contributed by atoms with Crippen molar-refractivity contribution < 1.29 is 9.53 Å². The minimum atomic E-state index is -0.629. The van der Waals surface area contributed by atoms with Gasteiger partial charge in [0.15, 0.2) is 0 Å². The quantitative estimate of drug-likeness (QED) is 0.446. The summed E-state index contributed by atoms with van der Waals surface area (Å²) in [6, 6.07) is 8.75. The lowest BCUT2D eigenvalue weighted by molar-refractivity contribution is -0.134. The van der Waals surface area contributed by atoms with E-state index >= 15 is 0 Å². The first-order chi connectivity index (χ1) is 6.75. The van der Waals surface area contributed by atoms with Gasteiger partial charge in [-0.1, -0.05) is 43.0 Å². The van der Waals surface area contributed by atoms with E-state index in [9.17, 15) is 4.79 Å². The van der Waals surface area contributed by atoms with Crippen molar-refractivity contribution in [1.29, 1.82) is 5.41 Å². The van der Waals surface area contributed by atoms with Crippen molar-refractivity contribution >= 4 is 11.7 Å². The molecule has 0 spiro atoms. The molecule has 0 aliphatic carbocycles. The van der Waals surface area contributed by atoms with Crippen molar-refractivity contribution in [3.05, 3.63) is 48.6 Å². The molecule has 0 saturated heterocycles. The van der Waals surface area contributed by atoms with Gasteiger partial charge in [-0.15, -0.1) is 0 Å². The average molecular weight is 189 g/mol. The van der Waals surface area contributed by atoms with Crippen LogP contribution in [0, 0.1) is 5.41 Å². The van der Waals surface area contributed by atoms with E-state index < -0.39 is 5.97 Å². The molecule has 1 N–H and O–H groups in total. The minimum absolute atomic E-state index is 0.132. The van der Waals surface area contributed by atoms with E-state index in [2.05, 4.69) is 6.58 Å². The van der Waals surface area contributed by atoms with Gasteiger partial charge in [-0.05, 0) is 0 Å². The highest BCUT2D eigenvalue weighted by atomic mass is 16.5. The normalized spacial score (nSPS) is 9.14. The predicted octanol–water partition coefficient (Wildman–Crippen LogP) is 1.78. The van der Waals surface area contributed by atoms with Gasteiger partial charge in [-0.3, -0.25) is 5.41 Å². The van der Waals surface area contributed by atoms with Crippen LogP contribution < -0.4 is 0 Å². The number of ether oxygens (including phenoxy) is 1. The second-order valence-electron chi connectivity index (χ2n) is 2.63. The minimum Gasteiger partial charge on any atom is -0.457 e. The van der Waals surface area contributed by atoms with E-state index in [0.717, 1.165) is 0 Å². The second-order valence-corrected chi connectivity index (χ2v) is 2.63. The van der Waals surface area contributed by atoms with Crippen molar-refractivity contribution in [2.24, 2.45) is 0 Å². The van der Waals surface area contributed by atoms with Gasteiger partial charge in [0.25, 0.3) is 0 Å². The molecule has 0 fully saturated rings. The maximum absolute atomic E-state index is 11.2. The number of hydrogen-bond donors (Lipinski definition) is 1. The van der Waals surface area contributed by atoms with Crippen LogP contribution in [0.2, 0.25) is 0 Å². The van der Waals surface area contributed by atoms with Gasteiger partial charge in [-0.2, -0.15) is 0 Å². The summed E-state index contributed by atoms with van der Waals surface area (Å²) in [4.78, 5) is 11.2. The summed E-state index contributed by atoms with van der Waals surface area (Å²) in [5.74, 6) is -0.629. The third-order valence-electron chi connectivity index (χ3n) is 1.60. The first kappa shape index (κ1) is 10.2. The molecule has 3 nitrogen and oxygen atoms in total. The lowest BCUT2D eigenvalue weighted by Crippen LogP contribution is -2.17. The summed E-state index contributed by atoms with van der Waals surface area (Å²) < 4.78 is 4.73. The second kappa shape index (κ2) is 4.97. The molecule has 1 aromatic rings. The number of carbonyl (C=O) groups is 1. The van der Waals surface area contributed by atoms with E-state index in [1.54, 1.807) is 24.3 Å². The Morgan fingerprint density at radius 2 is 2.07 bits per heavy atom. The molecule has 0 heterocycles. The van der Waals surface area contributed by atoms with Crippen LogP contribution in [0.1, 0.15) is 5.56 Å². The molecule has 72 valence electrons. The molecular weight excluding hydrogens is 178 g/mol. The van der Waals surface area contributed by atoms with Gasteiger partial charge >= 0.3 is 5.97 Å². The Bertz CT molecular complexity index is 344. The molecule has 0 amide bonds. The van der Waals surface area contributed by atoms with E-state index in [0.29, 0.717) is 5.56 Å². The molecule has 3 heteroatoms. The maximum Gasteiger partial charge on any atom is 0.357 e. The van der Waals surface area contributed by atoms with Crippen LogP contribution in [0.4, 0.5) is 0 Å². The first-order valence-electron chi connectivity index (χ1n) is 4.17. The Labute approximate surface area is 82.5 Å². The fraction of sp³-hybridized carbons (Fsp3) is 0.0909. The fourth-order valence-electron chi connectivity index (χ4n) is 0.929. The van der Waals surface area contributed by atoms with E-state index in [-0.39, 0.29) is 12.3 Å². The largest absolute Gasteiger partial charge is 0.457 e. The standard InChI is InChI=1S/C11H11NO2/c1-2-8-14-11(13)10(12)9-6-4-3-5-7-9/h2-7,12H,1,8H2. The summed E-state index contributed by atoms with van der Waals surface area (Å²) in [5.41, 5.74) is 0.425. The van der Waals surface area contributed by atoms with Crippen LogP contribution >= 0.6 is 0 Å².